The number of carbonyl (C=O) groups is 2. The van der Waals surface area contributed by atoms with Crippen LogP contribution in [0.1, 0.15) is 30.9 Å². The summed E-state index contributed by atoms with van der Waals surface area (Å²) in [5, 5.41) is 21.8. The first-order valence-electron chi connectivity index (χ1n) is 9.82. The van der Waals surface area contributed by atoms with Crippen LogP contribution in [0.2, 0.25) is 0 Å². The first kappa shape index (κ1) is 26.9. The van der Waals surface area contributed by atoms with E-state index in [-0.39, 0.29) is 5.56 Å². The van der Waals surface area contributed by atoms with Crippen molar-refractivity contribution in [1.82, 2.24) is 5.32 Å². The molecule has 1 fully saturated rings. The number of carbonyl (C=O) groups excluding carboxylic acids is 2. The Morgan fingerprint density at radius 2 is 1.24 bits per heavy atom. The van der Waals surface area contributed by atoms with E-state index in [2.05, 4.69) is 9.47 Å². The Balaban J connectivity index is 2.95. The van der Waals surface area contributed by atoms with Gasteiger partial charge in [0.1, 0.15) is 11.8 Å². The standard InChI is InChI=1S/C20H23F6NO6/c1-4-32-15(28)13-12(11-8-6-10(3)7-9-11)14(16(29)33-5-2)18(31,20(24,25)26)27-17(13,30)19(21,22)23/h6-9,12-14,27,30-31H,4-5H2,1-3H3/t12?,13-,14-,17-,18+/m0/s1. The molecule has 1 aliphatic rings. The van der Waals surface area contributed by atoms with Crippen molar-refractivity contribution < 1.29 is 55.6 Å². The van der Waals surface area contributed by atoms with E-state index in [1.807, 2.05) is 0 Å². The third kappa shape index (κ3) is 4.66. The van der Waals surface area contributed by atoms with E-state index in [0.717, 1.165) is 17.4 Å². The van der Waals surface area contributed by atoms with Gasteiger partial charge >= 0.3 is 24.3 Å². The van der Waals surface area contributed by atoms with Gasteiger partial charge in [-0.25, -0.2) is 5.32 Å². The van der Waals surface area contributed by atoms with Gasteiger partial charge in [0.25, 0.3) is 0 Å². The van der Waals surface area contributed by atoms with Gasteiger partial charge in [-0.15, -0.1) is 0 Å². The molecule has 3 N–H and O–H groups in total. The van der Waals surface area contributed by atoms with Crippen LogP contribution in [0.5, 0.6) is 0 Å². The quantitative estimate of drug-likeness (QED) is 0.433. The summed E-state index contributed by atoms with van der Waals surface area (Å²) in [6.45, 7) is 3.10. The monoisotopic (exact) mass is 487 g/mol. The van der Waals surface area contributed by atoms with E-state index in [4.69, 9.17) is 0 Å². The van der Waals surface area contributed by atoms with Gasteiger partial charge in [-0.1, -0.05) is 29.8 Å². The number of alkyl halides is 6. The van der Waals surface area contributed by atoms with Crippen LogP contribution < -0.4 is 5.32 Å². The highest BCUT2D eigenvalue weighted by molar-refractivity contribution is 5.81. The minimum atomic E-state index is -5.91. The fraction of sp³-hybridized carbons (Fsp3) is 0.600. The highest BCUT2D eigenvalue weighted by atomic mass is 19.4. The molecule has 1 heterocycles. The molecule has 1 aromatic carbocycles. The summed E-state index contributed by atoms with van der Waals surface area (Å²) in [6.07, 6.45) is -11.8. The van der Waals surface area contributed by atoms with Crippen LogP contribution in [0, 0.1) is 18.8 Å². The molecule has 186 valence electrons. The maximum atomic E-state index is 14.0. The predicted molar refractivity (Wildman–Crippen MR) is 99.3 cm³/mol. The molecule has 7 nitrogen and oxygen atoms in total. The number of ether oxygens (including phenoxy) is 2. The lowest BCUT2D eigenvalue weighted by atomic mass is 9.64. The largest absolute Gasteiger partial charge is 0.466 e. The normalized spacial score (nSPS) is 30.6. The van der Waals surface area contributed by atoms with Crippen LogP contribution in [-0.2, 0) is 19.1 Å². The van der Waals surface area contributed by atoms with Gasteiger partial charge in [0.2, 0.25) is 11.4 Å². The molecule has 33 heavy (non-hydrogen) atoms. The number of aryl methyl sites for hydroxylation is 1. The van der Waals surface area contributed by atoms with E-state index >= 15 is 0 Å². The third-order valence-corrected chi connectivity index (χ3v) is 5.41. The Bertz CT molecular complexity index is 825. The molecule has 1 aliphatic heterocycles. The highest BCUT2D eigenvalue weighted by Crippen LogP contribution is 2.55. The number of halogens is 6. The average Bonchev–Trinajstić information content (AvgIpc) is 2.66. The van der Waals surface area contributed by atoms with E-state index in [1.165, 1.54) is 26.0 Å². The zero-order valence-corrected chi connectivity index (χ0v) is 17.8. The minimum absolute atomic E-state index is 0.358. The fourth-order valence-corrected chi connectivity index (χ4v) is 3.92. The van der Waals surface area contributed by atoms with Crippen molar-refractivity contribution in [2.45, 2.75) is 50.5 Å². The number of nitrogens with one attached hydrogen (secondary N) is 1. The smallest absolute Gasteiger partial charge is 0.432 e. The summed E-state index contributed by atoms with van der Waals surface area (Å²) in [5.74, 6) is -11.4. The van der Waals surface area contributed by atoms with Crippen molar-refractivity contribution in [2.75, 3.05) is 13.2 Å². The average molecular weight is 487 g/mol. The molecule has 1 aromatic rings. The number of hydrogen-bond acceptors (Lipinski definition) is 7. The summed E-state index contributed by atoms with van der Waals surface area (Å²) in [7, 11) is 0. The first-order chi connectivity index (χ1) is 15.0. The predicted octanol–water partition coefficient (Wildman–Crippen LogP) is 2.54. The fourth-order valence-electron chi connectivity index (χ4n) is 3.92. The van der Waals surface area contributed by atoms with Crippen LogP contribution in [0.3, 0.4) is 0 Å². The van der Waals surface area contributed by atoms with E-state index in [9.17, 15) is 46.1 Å². The summed E-state index contributed by atoms with van der Waals surface area (Å²) in [6, 6.07) is 4.83. The Hall–Kier alpha value is -2.38. The number of hydrogen-bond donors (Lipinski definition) is 3. The van der Waals surface area contributed by atoms with Crippen molar-refractivity contribution in [3.8, 4) is 0 Å². The summed E-state index contributed by atoms with van der Waals surface area (Å²) < 4.78 is 93.4. The first-order valence-corrected chi connectivity index (χ1v) is 9.82. The number of rotatable bonds is 5. The second-order valence-electron chi connectivity index (χ2n) is 7.55. The maximum Gasteiger partial charge on any atom is 0.432 e. The molecule has 0 aliphatic carbocycles. The highest BCUT2D eigenvalue weighted by Gasteiger charge is 2.78. The molecule has 0 spiro atoms. The summed E-state index contributed by atoms with van der Waals surface area (Å²) >= 11 is 0. The third-order valence-electron chi connectivity index (χ3n) is 5.41. The van der Waals surface area contributed by atoms with Crippen LogP contribution >= 0.6 is 0 Å². The van der Waals surface area contributed by atoms with Crippen molar-refractivity contribution in [3.05, 3.63) is 35.4 Å². The Labute approximate surface area is 184 Å². The van der Waals surface area contributed by atoms with Crippen LogP contribution in [-0.4, -0.2) is 59.2 Å². The molecule has 1 saturated heterocycles. The molecule has 0 aromatic heterocycles. The topological polar surface area (TPSA) is 105 Å². The van der Waals surface area contributed by atoms with Crippen molar-refractivity contribution in [3.63, 3.8) is 0 Å². The number of piperidine rings is 1. The SMILES string of the molecule is CCOC(=O)[C@@H]1C(c2ccc(C)cc2)[C@@H](C(=O)OCC)[C@](O)(C(F)(F)F)N[C@]1(O)C(F)(F)F. The Morgan fingerprint density at radius 3 is 1.55 bits per heavy atom. The number of aliphatic hydroxyl groups is 2. The zero-order chi connectivity index (χ0) is 25.4. The van der Waals surface area contributed by atoms with Crippen molar-refractivity contribution in [1.29, 1.82) is 0 Å². The van der Waals surface area contributed by atoms with Crippen LogP contribution in [0.4, 0.5) is 26.3 Å². The molecule has 0 bridgehead atoms. The number of benzene rings is 1. The van der Waals surface area contributed by atoms with Crippen LogP contribution in [0.25, 0.3) is 0 Å². The Morgan fingerprint density at radius 1 is 0.879 bits per heavy atom. The molecule has 0 amide bonds. The second kappa shape index (κ2) is 9.11. The van der Waals surface area contributed by atoms with Gasteiger partial charge in [0.05, 0.1) is 13.2 Å². The Kier molecular flexibility index (Phi) is 7.41. The molecule has 0 saturated carbocycles. The van der Waals surface area contributed by atoms with Gasteiger partial charge in [0, 0.05) is 5.92 Å². The van der Waals surface area contributed by atoms with Gasteiger partial charge in [-0.2, -0.15) is 26.3 Å². The van der Waals surface area contributed by atoms with Crippen LogP contribution in [0.15, 0.2) is 24.3 Å². The van der Waals surface area contributed by atoms with Gasteiger partial charge in [-0.05, 0) is 26.3 Å². The molecular weight excluding hydrogens is 464 g/mol. The molecular formula is C20H23F6NO6. The summed E-state index contributed by atoms with van der Waals surface area (Å²) in [4.78, 5) is 25.3. The van der Waals surface area contributed by atoms with Gasteiger partial charge < -0.3 is 19.7 Å². The van der Waals surface area contributed by atoms with E-state index in [0.29, 0.717) is 5.56 Å². The molecule has 5 atom stereocenters. The molecule has 0 radical (unpaired) electrons. The minimum Gasteiger partial charge on any atom is -0.466 e. The van der Waals surface area contributed by atoms with E-state index in [1.54, 1.807) is 6.92 Å². The zero-order valence-electron chi connectivity index (χ0n) is 17.8. The maximum absolute atomic E-state index is 14.0. The van der Waals surface area contributed by atoms with Crippen molar-refractivity contribution >= 4 is 11.9 Å². The summed E-state index contributed by atoms with van der Waals surface area (Å²) in [5.41, 5.74) is -9.04. The molecule has 13 heteroatoms. The second-order valence-corrected chi connectivity index (χ2v) is 7.55. The lowest BCUT2D eigenvalue weighted by molar-refractivity contribution is -0.376. The molecule has 1 unspecified atom stereocenters. The van der Waals surface area contributed by atoms with Gasteiger partial charge in [-0.3, -0.25) is 9.59 Å². The number of esters is 2. The van der Waals surface area contributed by atoms with Crippen molar-refractivity contribution in [2.24, 2.45) is 11.8 Å². The molecule has 2 rings (SSSR count). The van der Waals surface area contributed by atoms with E-state index < -0.39 is 66.7 Å². The van der Waals surface area contributed by atoms with Gasteiger partial charge in [0.15, 0.2) is 0 Å². The lowest BCUT2D eigenvalue weighted by Crippen LogP contribution is -2.81. The lowest BCUT2D eigenvalue weighted by Gasteiger charge is -2.54.